The Morgan fingerprint density at radius 1 is 1.50 bits per heavy atom. The summed E-state index contributed by atoms with van der Waals surface area (Å²) < 4.78 is 0.562. The lowest BCUT2D eigenvalue weighted by Gasteiger charge is -2.15. The number of aliphatic carboxylic acids is 1. The molecule has 0 radical (unpaired) electrons. The molecule has 1 atom stereocenters. The van der Waals surface area contributed by atoms with E-state index in [2.05, 4.69) is 15.9 Å². The molecule has 0 saturated heterocycles. The van der Waals surface area contributed by atoms with Crippen molar-refractivity contribution in [1.82, 2.24) is 0 Å². The molecule has 5 nitrogen and oxygen atoms in total. The monoisotopic (exact) mass is 315 g/mol. The molecule has 0 aliphatic heterocycles. The van der Waals surface area contributed by atoms with Crippen LogP contribution in [0.15, 0.2) is 22.7 Å². The van der Waals surface area contributed by atoms with Gasteiger partial charge < -0.3 is 5.11 Å². The van der Waals surface area contributed by atoms with Gasteiger partial charge in [0.25, 0.3) is 5.69 Å². The van der Waals surface area contributed by atoms with E-state index in [1.54, 1.807) is 6.07 Å². The molecule has 0 heterocycles. The molecule has 0 aliphatic rings. The second-order valence-corrected chi connectivity index (χ2v) is 5.40. The van der Waals surface area contributed by atoms with Crippen molar-refractivity contribution >= 4 is 27.6 Å². The SMILES string of the molecule is CC(C)CC(C(=O)O)c1ccc(Br)cc1[N+](=O)[O-]. The number of carboxylic acid groups (broad SMARTS) is 1. The summed E-state index contributed by atoms with van der Waals surface area (Å²) in [6.07, 6.45) is 0.373. The Labute approximate surface area is 113 Å². The van der Waals surface area contributed by atoms with Gasteiger partial charge in [-0.2, -0.15) is 0 Å². The molecule has 1 N–H and O–H groups in total. The highest BCUT2D eigenvalue weighted by atomic mass is 79.9. The lowest BCUT2D eigenvalue weighted by molar-refractivity contribution is -0.385. The Bertz CT molecular complexity index is 473. The Balaban J connectivity index is 3.27. The van der Waals surface area contributed by atoms with Crippen LogP contribution in [0.2, 0.25) is 0 Å². The molecule has 6 heteroatoms. The summed E-state index contributed by atoms with van der Waals surface area (Å²) in [4.78, 5) is 21.7. The van der Waals surface area contributed by atoms with Gasteiger partial charge in [0.05, 0.1) is 10.8 Å². The standard InChI is InChI=1S/C12H14BrNO4/c1-7(2)5-10(12(15)16)9-4-3-8(13)6-11(9)14(17)18/h3-4,6-7,10H,5H2,1-2H3,(H,15,16). The van der Waals surface area contributed by atoms with Crippen molar-refractivity contribution in [2.45, 2.75) is 26.2 Å². The van der Waals surface area contributed by atoms with Gasteiger partial charge >= 0.3 is 5.97 Å². The zero-order chi connectivity index (χ0) is 13.9. The predicted octanol–water partition coefficient (Wildman–Crippen LogP) is 3.57. The van der Waals surface area contributed by atoms with E-state index in [0.29, 0.717) is 10.9 Å². The first kappa shape index (κ1) is 14.6. The number of benzene rings is 1. The van der Waals surface area contributed by atoms with Crippen LogP contribution < -0.4 is 0 Å². The van der Waals surface area contributed by atoms with Crippen molar-refractivity contribution in [3.8, 4) is 0 Å². The minimum Gasteiger partial charge on any atom is -0.481 e. The second kappa shape index (κ2) is 5.95. The van der Waals surface area contributed by atoms with Gasteiger partial charge in [-0.25, -0.2) is 0 Å². The van der Waals surface area contributed by atoms with Crippen LogP contribution in [0.5, 0.6) is 0 Å². The molecule has 0 fully saturated rings. The van der Waals surface area contributed by atoms with Gasteiger partial charge in [-0.05, 0) is 18.4 Å². The number of nitro groups is 1. The fourth-order valence-corrected chi connectivity index (χ4v) is 2.15. The summed E-state index contributed by atoms with van der Waals surface area (Å²) >= 11 is 3.15. The third-order valence-corrected chi connectivity index (χ3v) is 3.06. The average molecular weight is 316 g/mol. The van der Waals surface area contributed by atoms with Gasteiger partial charge in [-0.3, -0.25) is 14.9 Å². The molecule has 1 rings (SSSR count). The maximum absolute atomic E-state index is 11.3. The first-order valence-electron chi connectivity index (χ1n) is 5.49. The molecule has 0 bridgehead atoms. The molecule has 18 heavy (non-hydrogen) atoms. The summed E-state index contributed by atoms with van der Waals surface area (Å²) in [7, 11) is 0. The van der Waals surface area contributed by atoms with Crippen LogP contribution in [-0.2, 0) is 4.79 Å². The van der Waals surface area contributed by atoms with Gasteiger partial charge in [-0.1, -0.05) is 35.8 Å². The summed E-state index contributed by atoms with van der Waals surface area (Å²) in [5, 5.41) is 20.2. The van der Waals surface area contributed by atoms with Gasteiger partial charge in [0.2, 0.25) is 0 Å². The minimum absolute atomic E-state index is 0.148. The van der Waals surface area contributed by atoms with Crippen molar-refractivity contribution < 1.29 is 14.8 Å². The van der Waals surface area contributed by atoms with Gasteiger partial charge in [0.15, 0.2) is 0 Å². The number of halogens is 1. The minimum atomic E-state index is -1.03. The fraction of sp³-hybridized carbons (Fsp3) is 0.417. The van der Waals surface area contributed by atoms with E-state index in [9.17, 15) is 20.0 Å². The molecule has 0 spiro atoms. The number of nitro benzene ring substituents is 1. The largest absolute Gasteiger partial charge is 0.481 e. The highest BCUT2D eigenvalue weighted by molar-refractivity contribution is 9.10. The van der Waals surface area contributed by atoms with Crippen molar-refractivity contribution in [2.24, 2.45) is 5.92 Å². The molecule has 1 aromatic rings. The first-order chi connectivity index (χ1) is 8.32. The third-order valence-electron chi connectivity index (χ3n) is 2.57. The Hall–Kier alpha value is -1.43. The molecular formula is C12H14BrNO4. The number of carbonyl (C=O) groups is 1. The molecule has 0 aromatic heterocycles. The van der Waals surface area contributed by atoms with Crippen molar-refractivity contribution in [1.29, 1.82) is 0 Å². The van der Waals surface area contributed by atoms with Crippen LogP contribution in [0.3, 0.4) is 0 Å². The van der Waals surface area contributed by atoms with E-state index in [4.69, 9.17) is 0 Å². The van der Waals surface area contributed by atoms with Crippen LogP contribution in [0.25, 0.3) is 0 Å². The van der Waals surface area contributed by atoms with Crippen molar-refractivity contribution in [3.05, 3.63) is 38.3 Å². The Morgan fingerprint density at radius 2 is 2.11 bits per heavy atom. The Morgan fingerprint density at radius 3 is 2.56 bits per heavy atom. The normalized spacial score (nSPS) is 12.4. The fourth-order valence-electron chi connectivity index (χ4n) is 1.80. The second-order valence-electron chi connectivity index (χ2n) is 4.48. The van der Waals surface area contributed by atoms with Crippen LogP contribution in [-0.4, -0.2) is 16.0 Å². The maximum atomic E-state index is 11.3. The lowest BCUT2D eigenvalue weighted by Crippen LogP contribution is -2.15. The van der Waals surface area contributed by atoms with Crippen LogP contribution in [0.1, 0.15) is 31.7 Å². The van der Waals surface area contributed by atoms with Gasteiger partial charge in [0.1, 0.15) is 0 Å². The predicted molar refractivity (Wildman–Crippen MR) is 70.6 cm³/mol. The van der Waals surface area contributed by atoms with E-state index >= 15 is 0 Å². The molecule has 0 amide bonds. The molecule has 1 aromatic carbocycles. The number of nitrogens with zero attached hydrogens (tertiary/aromatic N) is 1. The van der Waals surface area contributed by atoms with Crippen molar-refractivity contribution in [3.63, 3.8) is 0 Å². The van der Waals surface area contributed by atoms with E-state index in [1.807, 2.05) is 13.8 Å². The van der Waals surface area contributed by atoms with Crippen LogP contribution in [0.4, 0.5) is 5.69 Å². The zero-order valence-corrected chi connectivity index (χ0v) is 11.7. The first-order valence-corrected chi connectivity index (χ1v) is 6.29. The topological polar surface area (TPSA) is 80.4 Å². The lowest BCUT2D eigenvalue weighted by atomic mass is 9.89. The van der Waals surface area contributed by atoms with E-state index < -0.39 is 16.8 Å². The smallest absolute Gasteiger partial charge is 0.311 e. The number of hydrogen-bond donors (Lipinski definition) is 1. The van der Waals surface area contributed by atoms with Gasteiger partial charge in [-0.15, -0.1) is 0 Å². The zero-order valence-electron chi connectivity index (χ0n) is 10.1. The molecule has 1 unspecified atom stereocenters. The molecule has 0 saturated carbocycles. The Kier molecular flexibility index (Phi) is 4.84. The summed E-state index contributed by atoms with van der Waals surface area (Å²) in [6, 6.07) is 4.47. The summed E-state index contributed by atoms with van der Waals surface area (Å²) in [6.45, 7) is 3.78. The van der Waals surface area contributed by atoms with E-state index in [1.165, 1.54) is 12.1 Å². The third kappa shape index (κ3) is 3.53. The van der Waals surface area contributed by atoms with E-state index in [0.717, 1.165) is 0 Å². The van der Waals surface area contributed by atoms with E-state index in [-0.39, 0.29) is 17.2 Å². The maximum Gasteiger partial charge on any atom is 0.311 e. The van der Waals surface area contributed by atoms with Crippen LogP contribution >= 0.6 is 15.9 Å². The highest BCUT2D eigenvalue weighted by Gasteiger charge is 2.28. The molecule has 0 aliphatic carbocycles. The number of rotatable bonds is 5. The number of carboxylic acids is 1. The quantitative estimate of drug-likeness (QED) is 0.665. The average Bonchev–Trinajstić information content (AvgIpc) is 2.25. The van der Waals surface area contributed by atoms with Crippen LogP contribution in [0, 0.1) is 16.0 Å². The summed E-state index contributed by atoms with van der Waals surface area (Å²) in [5.74, 6) is -1.73. The summed E-state index contributed by atoms with van der Waals surface area (Å²) in [5.41, 5.74) is 0.0989. The molecular weight excluding hydrogens is 302 g/mol. The van der Waals surface area contributed by atoms with Gasteiger partial charge in [0, 0.05) is 16.1 Å². The highest BCUT2D eigenvalue weighted by Crippen LogP contribution is 2.33. The van der Waals surface area contributed by atoms with Crippen molar-refractivity contribution in [2.75, 3.05) is 0 Å². The number of hydrogen-bond acceptors (Lipinski definition) is 3. The molecule has 98 valence electrons.